The standard InChI is InChI=1S/C14H18N6O4S/c1-10-17-13(24-18-10)12-4-6-19(7-8-20(12)25(2,22)23)14(21)11-3-5-15-9-16-11/h3,5,9,12H,4,6-8H2,1-2H3. The Bertz CT molecular complexity index is 853. The molecule has 2 aromatic rings. The van der Waals surface area contributed by atoms with Gasteiger partial charge in [0.25, 0.3) is 5.91 Å². The summed E-state index contributed by atoms with van der Waals surface area (Å²) in [5.41, 5.74) is 0.271. The third kappa shape index (κ3) is 3.82. The predicted octanol–water partition coefficient (Wildman–Crippen LogP) is 0.0168. The second-order valence-electron chi connectivity index (χ2n) is 5.74. The molecule has 0 aromatic carbocycles. The van der Waals surface area contributed by atoms with Crippen LogP contribution in [0.5, 0.6) is 0 Å². The molecule has 1 aliphatic heterocycles. The maximum absolute atomic E-state index is 12.6. The molecule has 25 heavy (non-hydrogen) atoms. The molecule has 0 aliphatic carbocycles. The molecule has 0 bridgehead atoms. The molecule has 0 spiro atoms. The lowest BCUT2D eigenvalue weighted by molar-refractivity contribution is 0.0757. The highest BCUT2D eigenvalue weighted by Crippen LogP contribution is 2.28. The molecule has 1 amide bonds. The second-order valence-corrected chi connectivity index (χ2v) is 7.68. The summed E-state index contributed by atoms with van der Waals surface area (Å²) in [5, 5.41) is 3.74. The summed E-state index contributed by atoms with van der Waals surface area (Å²) in [4.78, 5) is 26.1. The van der Waals surface area contributed by atoms with Crippen LogP contribution < -0.4 is 0 Å². The zero-order chi connectivity index (χ0) is 18.0. The fourth-order valence-corrected chi connectivity index (χ4v) is 3.85. The minimum Gasteiger partial charge on any atom is -0.338 e. The molecule has 1 aliphatic rings. The number of amides is 1. The van der Waals surface area contributed by atoms with Crippen molar-refractivity contribution in [3.05, 3.63) is 36.0 Å². The fourth-order valence-electron chi connectivity index (χ4n) is 2.78. The van der Waals surface area contributed by atoms with Crippen LogP contribution in [-0.4, -0.2) is 69.5 Å². The molecular weight excluding hydrogens is 348 g/mol. The summed E-state index contributed by atoms with van der Waals surface area (Å²) >= 11 is 0. The minimum atomic E-state index is -3.51. The van der Waals surface area contributed by atoms with Crippen molar-refractivity contribution < 1.29 is 17.7 Å². The van der Waals surface area contributed by atoms with Gasteiger partial charge in [-0.1, -0.05) is 5.16 Å². The fraction of sp³-hybridized carbons (Fsp3) is 0.500. The summed E-state index contributed by atoms with van der Waals surface area (Å²) in [5.74, 6) is 0.402. The number of nitrogens with zero attached hydrogens (tertiary/aromatic N) is 6. The zero-order valence-electron chi connectivity index (χ0n) is 13.9. The van der Waals surface area contributed by atoms with E-state index in [0.717, 1.165) is 6.26 Å². The number of sulfonamides is 1. The topological polar surface area (TPSA) is 122 Å². The molecule has 1 saturated heterocycles. The molecule has 10 nitrogen and oxygen atoms in total. The SMILES string of the molecule is Cc1noc(C2CCN(C(=O)c3ccncn3)CCN2S(C)(=O)=O)n1. The average molecular weight is 366 g/mol. The first kappa shape index (κ1) is 17.4. The predicted molar refractivity (Wildman–Crippen MR) is 85.9 cm³/mol. The van der Waals surface area contributed by atoms with Crippen molar-refractivity contribution >= 4 is 15.9 Å². The number of aromatic nitrogens is 4. The Hall–Kier alpha value is -2.40. The van der Waals surface area contributed by atoms with Crippen molar-refractivity contribution in [3.8, 4) is 0 Å². The molecule has 3 rings (SSSR count). The van der Waals surface area contributed by atoms with Crippen molar-refractivity contribution in [2.45, 2.75) is 19.4 Å². The van der Waals surface area contributed by atoms with Crippen LogP contribution in [0.2, 0.25) is 0 Å². The van der Waals surface area contributed by atoms with Crippen molar-refractivity contribution in [3.63, 3.8) is 0 Å². The van der Waals surface area contributed by atoms with Gasteiger partial charge in [-0.25, -0.2) is 18.4 Å². The number of carbonyl (C=O) groups is 1. The number of rotatable bonds is 3. The van der Waals surface area contributed by atoms with Crippen LogP contribution in [0.15, 0.2) is 23.1 Å². The summed E-state index contributed by atoms with van der Waals surface area (Å²) in [6, 6.07) is 0.930. The molecular formula is C14H18N6O4S. The van der Waals surface area contributed by atoms with Gasteiger partial charge in [0.2, 0.25) is 15.9 Å². The normalized spacial score (nSPS) is 19.6. The van der Waals surface area contributed by atoms with E-state index in [4.69, 9.17) is 4.52 Å². The molecule has 11 heteroatoms. The van der Waals surface area contributed by atoms with Crippen LogP contribution in [-0.2, 0) is 10.0 Å². The third-order valence-electron chi connectivity index (χ3n) is 3.95. The molecule has 134 valence electrons. The van der Waals surface area contributed by atoms with Crippen LogP contribution in [0, 0.1) is 6.92 Å². The summed E-state index contributed by atoms with van der Waals surface area (Å²) in [6.07, 6.45) is 4.28. The Morgan fingerprint density at radius 3 is 2.72 bits per heavy atom. The molecule has 1 fully saturated rings. The summed E-state index contributed by atoms with van der Waals surface area (Å²) in [6.45, 7) is 2.40. The molecule has 2 aromatic heterocycles. The van der Waals surface area contributed by atoms with Gasteiger partial charge < -0.3 is 9.42 Å². The van der Waals surface area contributed by atoms with E-state index in [-0.39, 0.29) is 30.6 Å². The van der Waals surface area contributed by atoms with Gasteiger partial charge in [-0.3, -0.25) is 4.79 Å². The van der Waals surface area contributed by atoms with Crippen LogP contribution in [0.25, 0.3) is 0 Å². The smallest absolute Gasteiger partial charge is 0.272 e. The Labute approximate surface area is 144 Å². The lowest BCUT2D eigenvalue weighted by Crippen LogP contribution is -2.38. The largest absolute Gasteiger partial charge is 0.338 e. The van der Waals surface area contributed by atoms with Gasteiger partial charge in [0.15, 0.2) is 5.82 Å². The summed E-state index contributed by atoms with van der Waals surface area (Å²) < 4.78 is 30.8. The van der Waals surface area contributed by atoms with Crippen LogP contribution in [0.3, 0.4) is 0 Å². The Kier molecular flexibility index (Phi) is 4.77. The lowest BCUT2D eigenvalue weighted by Gasteiger charge is -2.24. The van der Waals surface area contributed by atoms with Crippen molar-refractivity contribution in [1.29, 1.82) is 0 Å². The third-order valence-corrected chi connectivity index (χ3v) is 5.24. The van der Waals surface area contributed by atoms with E-state index in [1.54, 1.807) is 11.8 Å². The first-order chi connectivity index (χ1) is 11.9. The van der Waals surface area contributed by atoms with E-state index >= 15 is 0 Å². The van der Waals surface area contributed by atoms with Crippen LogP contribution in [0.4, 0.5) is 0 Å². The van der Waals surface area contributed by atoms with Crippen molar-refractivity contribution in [2.75, 3.05) is 25.9 Å². The Morgan fingerprint density at radius 2 is 2.12 bits per heavy atom. The number of hydrogen-bond donors (Lipinski definition) is 0. The van der Waals surface area contributed by atoms with E-state index in [1.165, 1.54) is 22.9 Å². The number of carbonyl (C=O) groups excluding carboxylic acids is 1. The van der Waals surface area contributed by atoms with Gasteiger partial charge in [0, 0.05) is 25.8 Å². The van der Waals surface area contributed by atoms with E-state index in [1.807, 2.05) is 0 Å². The highest BCUT2D eigenvalue weighted by atomic mass is 32.2. The van der Waals surface area contributed by atoms with E-state index in [0.29, 0.717) is 18.8 Å². The molecule has 3 heterocycles. The Morgan fingerprint density at radius 1 is 1.32 bits per heavy atom. The van der Waals surface area contributed by atoms with Crippen molar-refractivity contribution in [1.82, 2.24) is 29.3 Å². The van der Waals surface area contributed by atoms with Crippen molar-refractivity contribution in [2.24, 2.45) is 0 Å². The molecule has 0 saturated carbocycles. The van der Waals surface area contributed by atoms with Gasteiger partial charge in [-0.15, -0.1) is 0 Å². The first-order valence-electron chi connectivity index (χ1n) is 7.68. The maximum Gasteiger partial charge on any atom is 0.272 e. The van der Waals surface area contributed by atoms with E-state index in [9.17, 15) is 13.2 Å². The lowest BCUT2D eigenvalue weighted by atomic mass is 10.2. The van der Waals surface area contributed by atoms with Crippen LogP contribution >= 0.6 is 0 Å². The van der Waals surface area contributed by atoms with Crippen LogP contribution in [0.1, 0.15) is 34.7 Å². The zero-order valence-corrected chi connectivity index (χ0v) is 14.7. The minimum absolute atomic E-state index is 0.141. The van der Waals surface area contributed by atoms with Gasteiger partial charge in [-0.05, 0) is 19.4 Å². The van der Waals surface area contributed by atoms with Gasteiger partial charge >= 0.3 is 0 Å². The molecule has 0 N–H and O–H groups in total. The highest BCUT2D eigenvalue weighted by molar-refractivity contribution is 7.88. The van der Waals surface area contributed by atoms with E-state index in [2.05, 4.69) is 20.1 Å². The molecule has 1 unspecified atom stereocenters. The molecule has 1 atom stereocenters. The quantitative estimate of drug-likeness (QED) is 0.745. The first-order valence-corrected chi connectivity index (χ1v) is 9.53. The van der Waals surface area contributed by atoms with Gasteiger partial charge in [0.1, 0.15) is 18.1 Å². The van der Waals surface area contributed by atoms with Gasteiger partial charge in [0.05, 0.1) is 6.26 Å². The maximum atomic E-state index is 12.6. The Balaban J connectivity index is 1.85. The summed E-state index contributed by atoms with van der Waals surface area (Å²) in [7, 11) is -3.51. The monoisotopic (exact) mass is 366 g/mol. The molecule has 0 radical (unpaired) electrons. The van der Waals surface area contributed by atoms with E-state index < -0.39 is 16.1 Å². The number of hydrogen-bond acceptors (Lipinski definition) is 8. The highest BCUT2D eigenvalue weighted by Gasteiger charge is 2.36. The van der Waals surface area contributed by atoms with Gasteiger partial charge in [-0.2, -0.15) is 9.29 Å². The number of aryl methyl sites for hydroxylation is 1. The second kappa shape index (κ2) is 6.84. The average Bonchev–Trinajstić information content (AvgIpc) is 2.88.